The van der Waals surface area contributed by atoms with Gasteiger partial charge in [0.1, 0.15) is 11.6 Å². The molecule has 3 aromatic rings. The minimum Gasteiger partial charge on any atom is -0.343 e. The lowest BCUT2D eigenvalue weighted by Gasteiger charge is -2.05. The molecule has 5 nitrogen and oxygen atoms in total. The molecule has 138 valence electrons. The largest absolute Gasteiger partial charge is 0.343 e. The summed E-state index contributed by atoms with van der Waals surface area (Å²) < 4.78 is 29.0. The van der Waals surface area contributed by atoms with Crippen LogP contribution in [0.1, 0.15) is 15.9 Å². The molecule has 27 heavy (non-hydrogen) atoms. The number of carbonyl (C=O) groups excluding carboxylic acids is 2. The summed E-state index contributed by atoms with van der Waals surface area (Å²) in [7, 11) is 0. The van der Waals surface area contributed by atoms with Crippen LogP contribution in [-0.2, 0) is 11.3 Å². The smallest absolute Gasteiger partial charge is 0.267 e. The highest BCUT2D eigenvalue weighted by molar-refractivity contribution is 7.07. The van der Waals surface area contributed by atoms with E-state index in [-0.39, 0.29) is 24.5 Å². The molecule has 0 aliphatic heterocycles. The minimum absolute atomic E-state index is 0.143. The number of thiazole rings is 1. The molecule has 0 radical (unpaired) electrons. The number of nitrogens with one attached hydrogen (secondary N) is 1. The van der Waals surface area contributed by atoms with E-state index in [1.54, 1.807) is 34.3 Å². The van der Waals surface area contributed by atoms with Gasteiger partial charge >= 0.3 is 0 Å². The molecule has 0 fully saturated rings. The zero-order valence-electron chi connectivity index (χ0n) is 14.1. The van der Waals surface area contributed by atoms with E-state index in [0.717, 1.165) is 0 Å². The second-order valence-electron chi connectivity index (χ2n) is 5.57. The van der Waals surface area contributed by atoms with E-state index in [2.05, 4.69) is 10.3 Å². The van der Waals surface area contributed by atoms with Crippen LogP contribution >= 0.6 is 11.3 Å². The molecule has 2 aromatic carbocycles. The second kappa shape index (κ2) is 8.50. The molecule has 8 heteroatoms. The molecule has 0 aliphatic rings. The van der Waals surface area contributed by atoms with Crippen molar-refractivity contribution in [3.8, 4) is 0 Å². The summed E-state index contributed by atoms with van der Waals surface area (Å²) in [5, 5.41) is 4.07. The number of halogens is 2. The van der Waals surface area contributed by atoms with Gasteiger partial charge in [0.25, 0.3) is 11.8 Å². The average Bonchev–Trinajstić information content (AvgIpc) is 3.08. The highest BCUT2D eigenvalue weighted by Crippen LogP contribution is 2.08. The maximum absolute atomic E-state index is 13.8. The fraction of sp³-hybridized carbons (Fsp3) is 0.105. The Morgan fingerprint density at radius 1 is 1.04 bits per heavy atom. The second-order valence-corrected chi connectivity index (χ2v) is 6.45. The van der Waals surface area contributed by atoms with Crippen molar-refractivity contribution < 1.29 is 18.4 Å². The first-order chi connectivity index (χ1) is 13.0. The lowest BCUT2D eigenvalue weighted by Crippen LogP contribution is -2.30. The zero-order valence-corrected chi connectivity index (χ0v) is 14.9. The Labute approximate surface area is 157 Å². The van der Waals surface area contributed by atoms with E-state index in [1.165, 1.54) is 41.7 Å². The molecule has 0 atom stereocenters. The van der Waals surface area contributed by atoms with E-state index in [9.17, 15) is 18.4 Å². The van der Waals surface area contributed by atoms with Crippen molar-refractivity contribution in [1.29, 1.82) is 0 Å². The molecular weight excluding hydrogens is 372 g/mol. The number of nitrogens with zero attached hydrogens (tertiary/aromatic N) is 2. The fourth-order valence-electron chi connectivity index (χ4n) is 2.36. The van der Waals surface area contributed by atoms with Gasteiger partial charge in [-0.2, -0.15) is 4.99 Å². The third-order valence-corrected chi connectivity index (χ3v) is 4.49. The Morgan fingerprint density at radius 2 is 1.74 bits per heavy atom. The zero-order chi connectivity index (χ0) is 19.2. The Hall–Kier alpha value is -3.13. The maximum atomic E-state index is 13.8. The minimum atomic E-state index is -0.693. The van der Waals surface area contributed by atoms with Crippen LogP contribution in [0.3, 0.4) is 0 Å². The van der Waals surface area contributed by atoms with Crippen LogP contribution in [0.15, 0.2) is 65.1 Å². The van der Waals surface area contributed by atoms with Gasteiger partial charge in [-0.25, -0.2) is 8.78 Å². The number of hydrogen-bond acceptors (Lipinski definition) is 3. The van der Waals surface area contributed by atoms with Crippen LogP contribution in [0.5, 0.6) is 0 Å². The Morgan fingerprint density at radius 3 is 2.48 bits per heavy atom. The lowest BCUT2D eigenvalue weighted by atomic mass is 10.2. The van der Waals surface area contributed by atoms with Crippen LogP contribution < -0.4 is 10.1 Å². The quantitative estimate of drug-likeness (QED) is 0.732. The molecule has 0 saturated carbocycles. The van der Waals surface area contributed by atoms with Crippen molar-refractivity contribution in [1.82, 2.24) is 9.88 Å². The molecule has 3 rings (SSSR count). The summed E-state index contributed by atoms with van der Waals surface area (Å²) in [6.45, 7) is -0.144. The Bertz CT molecular complexity index is 1040. The van der Waals surface area contributed by atoms with Crippen molar-refractivity contribution in [2.45, 2.75) is 6.54 Å². The van der Waals surface area contributed by atoms with Gasteiger partial charge in [-0.3, -0.25) is 9.59 Å². The van der Waals surface area contributed by atoms with Crippen LogP contribution in [0.2, 0.25) is 0 Å². The normalized spacial score (nSPS) is 11.4. The summed E-state index contributed by atoms with van der Waals surface area (Å²) in [6, 6.07) is 11.8. The van der Waals surface area contributed by atoms with Gasteiger partial charge in [-0.05, 0) is 18.2 Å². The summed E-state index contributed by atoms with van der Waals surface area (Å²) in [4.78, 5) is 28.3. The Balaban J connectivity index is 1.68. The van der Waals surface area contributed by atoms with Crippen molar-refractivity contribution >= 4 is 23.2 Å². The van der Waals surface area contributed by atoms with Crippen LogP contribution in [0, 0.1) is 11.6 Å². The number of amides is 2. The van der Waals surface area contributed by atoms with E-state index in [4.69, 9.17) is 0 Å². The highest BCUT2D eigenvalue weighted by Gasteiger charge is 2.12. The molecule has 1 aromatic heterocycles. The number of benzene rings is 2. The van der Waals surface area contributed by atoms with Gasteiger partial charge < -0.3 is 9.88 Å². The van der Waals surface area contributed by atoms with E-state index >= 15 is 0 Å². The van der Waals surface area contributed by atoms with Gasteiger partial charge in [0.15, 0.2) is 4.80 Å². The molecule has 0 aliphatic carbocycles. The van der Waals surface area contributed by atoms with Crippen molar-refractivity contribution in [3.63, 3.8) is 0 Å². The van der Waals surface area contributed by atoms with Crippen LogP contribution in [0.4, 0.5) is 8.78 Å². The van der Waals surface area contributed by atoms with E-state index in [1.807, 2.05) is 0 Å². The first-order valence-corrected chi connectivity index (χ1v) is 8.90. The third-order valence-electron chi connectivity index (χ3n) is 3.70. The van der Waals surface area contributed by atoms with E-state index in [0.29, 0.717) is 10.4 Å². The maximum Gasteiger partial charge on any atom is 0.267 e. The number of aromatic nitrogens is 1. The van der Waals surface area contributed by atoms with Gasteiger partial charge in [0.2, 0.25) is 0 Å². The number of carbonyl (C=O) groups is 2. The molecule has 2 amide bonds. The molecule has 1 N–H and O–H groups in total. The van der Waals surface area contributed by atoms with Gasteiger partial charge in [0, 0.05) is 17.1 Å². The molecular formula is C19H15F2N3O2S. The lowest BCUT2D eigenvalue weighted by molar-refractivity contribution is -0.117. The predicted molar refractivity (Wildman–Crippen MR) is 97.1 cm³/mol. The van der Waals surface area contributed by atoms with Gasteiger partial charge in [-0.1, -0.05) is 30.3 Å². The van der Waals surface area contributed by atoms with Crippen LogP contribution in [-0.4, -0.2) is 22.9 Å². The first-order valence-electron chi connectivity index (χ1n) is 8.02. The molecule has 1 heterocycles. The molecule has 0 bridgehead atoms. The van der Waals surface area contributed by atoms with Gasteiger partial charge in [-0.15, -0.1) is 11.3 Å². The highest BCUT2D eigenvalue weighted by atomic mass is 32.1. The topological polar surface area (TPSA) is 63.5 Å². The summed E-state index contributed by atoms with van der Waals surface area (Å²) in [6.07, 6.45) is 1.70. The van der Waals surface area contributed by atoms with Crippen LogP contribution in [0.25, 0.3) is 0 Å². The van der Waals surface area contributed by atoms with E-state index < -0.39 is 17.6 Å². The molecule has 0 saturated heterocycles. The monoisotopic (exact) mass is 387 g/mol. The predicted octanol–water partition coefficient (Wildman–Crippen LogP) is 2.73. The summed E-state index contributed by atoms with van der Waals surface area (Å²) >= 11 is 1.22. The third kappa shape index (κ3) is 4.73. The van der Waals surface area contributed by atoms with Crippen molar-refractivity contribution in [2.75, 3.05) is 6.54 Å². The fourth-order valence-corrected chi connectivity index (χ4v) is 3.10. The van der Waals surface area contributed by atoms with Crippen molar-refractivity contribution in [2.24, 2.45) is 4.99 Å². The summed E-state index contributed by atoms with van der Waals surface area (Å²) in [5.74, 6) is -2.29. The number of rotatable bonds is 5. The van der Waals surface area contributed by atoms with Gasteiger partial charge in [0.05, 0.1) is 18.7 Å². The number of hydrogen-bond donors (Lipinski definition) is 1. The average molecular weight is 387 g/mol. The SMILES string of the molecule is O=C(CNC(=O)c1ccccc1F)N=c1sccn1Cc1ccccc1F. The molecule has 0 spiro atoms. The first kappa shape index (κ1) is 18.7. The van der Waals surface area contributed by atoms with Crippen molar-refractivity contribution in [3.05, 3.63) is 87.7 Å². The summed E-state index contributed by atoms with van der Waals surface area (Å²) in [5.41, 5.74) is 0.327. The standard InChI is InChI=1S/C19H15F2N3O2S/c20-15-7-3-1-5-13(15)12-24-9-10-27-19(24)23-17(25)11-22-18(26)14-6-2-4-8-16(14)21/h1-10H,11-12H2,(H,22,26). The Kier molecular flexibility index (Phi) is 5.87. The molecule has 0 unspecified atom stereocenters.